The van der Waals surface area contributed by atoms with Gasteiger partial charge in [-0.2, -0.15) is 5.26 Å². The molecule has 0 aliphatic carbocycles. The number of anilines is 1. The fraction of sp³-hybridized carbons (Fsp3) is 0.143. The monoisotopic (exact) mass is 390 g/mol. The lowest BCUT2D eigenvalue weighted by Crippen LogP contribution is -2.03. The fourth-order valence-electron chi connectivity index (χ4n) is 3.19. The first-order valence-electron chi connectivity index (χ1n) is 8.86. The van der Waals surface area contributed by atoms with Crippen molar-refractivity contribution in [3.63, 3.8) is 0 Å². The molecule has 0 aliphatic heterocycles. The summed E-state index contributed by atoms with van der Waals surface area (Å²) in [6.07, 6.45) is 3.00. The molecule has 0 saturated carbocycles. The maximum absolute atomic E-state index is 14.3. The van der Waals surface area contributed by atoms with Crippen molar-refractivity contribution < 1.29 is 8.78 Å². The zero-order chi connectivity index (χ0) is 20.5. The third-order valence-corrected chi connectivity index (χ3v) is 4.60. The van der Waals surface area contributed by atoms with E-state index in [9.17, 15) is 8.78 Å². The molecule has 0 saturated heterocycles. The zero-order valence-corrected chi connectivity index (χ0v) is 15.7. The molecule has 144 valence electrons. The first-order valence-corrected chi connectivity index (χ1v) is 8.86. The van der Waals surface area contributed by atoms with Gasteiger partial charge < -0.3 is 5.32 Å². The number of hydrogen-bond donors (Lipinski definition) is 1. The van der Waals surface area contributed by atoms with Crippen molar-refractivity contribution in [1.29, 1.82) is 5.26 Å². The Morgan fingerprint density at radius 2 is 1.86 bits per heavy atom. The van der Waals surface area contributed by atoms with Gasteiger partial charge in [-0.25, -0.2) is 23.4 Å². The Morgan fingerprint density at radius 1 is 1.10 bits per heavy atom. The largest absolute Gasteiger partial charge is 0.365 e. The molecule has 2 aromatic heterocycles. The van der Waals surface area contributed by atoms with Crippen LogP contribution in [-0.4, -0.2) is 19.7 Å². The van der Waals surface area contributed by atoms with Crippen molar-refractivity contribution in [2.45, 2.75) is 20.4 Å². The SMILES string of the molecule is Cc1cc(CNc2ncnc3nn(-c4ccc(C#N)cc4F)cc23)cc(C)c1F. The van der Waals surface area contributed by atoms with Gasteiger partial charge in [-0.15, -0.1) is 5.10 Å². The Hall–Kier alpha value is -3.86. The summed E-state index contributed by atoms with van der Waals surface area (Å²) >= 11 is 0. The number of nitrogens with zero attached hydrogens (tertiary/aromatic N) is 5. The van der Waals surface area contributed by atoms with E-state index in [0.29, 0.717) is 34.5 Å². The number of aryl methyl sites for hydroxylation is 2. The average molecular weight is 390 g/mol. The van der Waals surface area contributed by atoms with E-state index < -0.39 is 5.82 Å². The molecule has 2 aromatic carbocycles. The lowest BCUT2D eigenvalue weighted by molar-refractivity contribution is 0.608. The summed E-state index contributed by atoms with van der Waals surface area (Å²) in [6, 6.07) is 9.63. The molecule has 0 amide bonds. The lowest BCUT2D eigenvalue weighted by Gasteiger charge is -2.09. The van der Waals surface area contributed by atoms with Gasteiger partial charge in [0.05, 0.1) is 17.0 Å². The molecular weight excluding hydrogens is 374 g/mol. The Morgan fingerprint density at radius 3 is 2.55 bits per heavy atom. The van der Waals surface area contributed by atoms with Crippen molar-refractivity contribution in [2.24, 2.45) is 0 Å². The third-order valence-electron chi connectivity index (χ3n) is 4.60. The van der Waals surface area contributed by atoms with E-state index in [0.717, 1.165) is 11.6 Å². The number of hydrogen-bond acceptors (Lipinski definition) is 5. The molecule has 4 aromatic rings. The van der Waals surface area contributed by atoms with Crippen LogP contribution in [0.25, 0.3) is 16.7 Å². The number of fused-ring (bicyclic) bond motifs is 1. The van der Waals surface area contributed by atoms with Crippen LogP contribution in [0.4, 0.5) is 14.6 Å². The summed E-state index contributed by atoms with van der Waals surface area (Å²) in [7, 11) is 0. The van der Waals surface area contributed by atoms with Gasteiger partial charge in [0.2, 0.25) is 0 Å². The van der Waals surface area contributed by atoms with Crippen LogP contribution in [-0.2, 0) is 6.54 Å². The molecule has 0 radical (unpaired) electrons. The number of nitrogens with one attached hydrogen (secondary N) is 1. The second-order valence-corrected chi connectivity index (χ2v) is 6.71. The van der Waals surface area contributed by atoms with Crippen LogP contribution in [0.3, 0.4) is 0 Å². The quantitative estimate of drug-likeness (QED) is 0.565. The van der Waals surface area contributed by atoms with Gasteiger partial charge >= 0.3 is 0 Å². The average Bonchev–Trinajstić information content (AvgIpc) is 3.14. The molecule has 4 rings (SSSR count). The van der Waals surface area contributed by atoms with Crippen LogP contribution in [0, 0.1) is 36.8 Å². The van der Waals surface area contributed by atoms with Crippen LogP contribution < -0.4 is 5.32 Å². The molecule has 29 heavy (non-hydrogen) atoms. The summed E-state index contributed by atoms with van der Waals surface area (Å²) in [5.41, 5.74) is 2.92. The fourth-order valence-corrected chi connectivity index (χ4v) is 3.19. The van der Waals surface area contributed by atoms with Crippen molar-refractivity contribution >= 4 is 16.9 Å². The van der Waals surface area contributed by atoms with Gasteiger partial charge in [-0.05, 0) is 48.7 Å². The number of aromatic nitrogens is 4. The topological polar surface area (TPSA) is 79.4 Å². The second kappa shape index (κ2) is 7.28. The van der Waals surface area contributed by atoms with Crippen LogP contribution >= 0.6 is 0 Å². The first-order chi connectivity index (χ1) is 14.0. The van der Waals surface area contributed by atoms with Crippen molar-refractivity contribution in [1.82, 2.24) is 19.7 Å². The molecule has 0 bridgehead atoms. The Kier molecular flexibility index (Phi) is 4.64. The molecule has 2 heterocycles. The van der Waals surface area contributed by atoms with Crippen molar-refractivity contribution in [3.05, 3.63) is 76.7 Å². The molecule has 8 heteroatoms. The minimum Gasteiger partial charge on any atom is -0.365 e. The minimum atomic E-state index is -0.559. The molecular formula is C21H16F2N6. The molecule has 0 unspecified atom stereocenters. The van der Waals surface area contributed by atoms with Crippen molar-refractivity contribution in [3.8, 4) is 11.8 Å². The second-order valence-electron chi connectivity index (χ2n) is 6.71. The van der Waals surface area contributed by atoms with E-state index in [2.05, 4.69) is 20.4 Å². The highest BCUT2D eigenvalue weighted by Gasteiger charge is 2.13. The van der Waals surface area contributed by atoms with Gasteiger partial charge in [-0.1, -0.05) is 12.1 Å². The standard InChI is InChI=1S/C21H16F2N6/c1-12-5-15(6-13(2)19(12)23)9-25-20-16-10-29(28-21(16)27-11-26-20)18-4-3-14(8-24)7-17(18)22/h3-7,10-11H,9H2,1-2H3,(H,25,26,27,28). The van der Waals surface area contributed by atoms with E-state index in [4.69, 9.17) is 5.26 Å². The number of benzene rings is 2. The molecule has 0 aliphatic rings. The molecule has 6 nitrogen and oxygen atoms in total. The summed E-state index contributed by atoms with van der Waals surface area (Å²) in [6.45, 7) is 3.89. The molecule has 0 fully saturated rings. The Labute approximate surface area is 165 Å². The van der Waals surface area contributed by atoms with Crippen LogP contribution in [0.5, 0.6) is 0 Å². The van der Waals surface area contributed by atoms with Crippen LogP contribution in [0.15, 0.2) is 42.9 Å². The van der Waals surface area contributed by atoms with Gasteiger partial charge in [-0.3, -0.25) is 0 Å². The van der Waals surface area contributed by atoms with Crippen LogP contribution in [0.1, 0.15) is 22.3 Å². The highest BCUT2D eigenvalue weighted by molar-refractivity contribution is 5.86. The predicted molar refractivity (Wildman–Crippen MR) is 105 cm³/mol. The number of rotatable bonds is 4. The van der Waals surface area contributed by atoms with Crippen LogP contribution in [0.2, 0.25) is 0 Å². The third kappa shape index (κ3) is 3.50. The highest BCUT2D eigenvalue weighted by Crippen LogP contribution is 2.23. The zero-order valence-electron chi connectivity index (χ0n) is 15.7. The highest BCUT2D eigenvalue weighted by atomic mass is 19.1. The van der Waals surface area contributed by atoms with E-state index in [1.54, 1.807) is 32.2 Å². The summed E-state index contributed by atoms with van der Waals surface area (Å²) < 4.78 is 29.5. The predicted octanol–water partition coefficient (Wildman–Crippen LogP) is 4.19. The van der Waals surface area contributed by atoms with E-state index in [-0.39, 0.29) is 17.1 Å². The summed E-state index contributed by atoms with van der Waals surface area (Å²) in [4.78, 5) is 8.39. The number of halogens is 2. The van der Waals surface area contributed by atoms with Gasteiger partial charge in [0.25, 0.3) is 0 Å². The summed E-state index contributed by atoms with van der Waals surface area (Å²) in [5, 5.41) is 17.0. The van der Waals surface area contributed by atoms with Gasteiger partial charge in [0.1, 0.15) is 29.5 Å². The first kappa shape index (κ1) is 18.5. The summed E-state index contributed by atoms with van der Waals surface area (Å²) in [5.74, 6) is -0.226. The lowest BCUT2D eigenvalue weighted by atomic mass is 10.1. The maximum Gasteiger partial charge on any atom is 0.186 e. The van der Waals surface area contributed by atoms with E-state index >= 15 is 0 Å². The minimum absolute atomic E-state index is 0.205. The van der Waals surface area contributed by atoms with Crippen molar-refractivity contribution in [2.75, 3.05) is 5.32 Å². The molecule has 0 atom stereocenters. The molecule has 0 spiro atoms. The van der Waals surface area contributed by atoms with E-state index in [1.165, 1.54) is 23.1 Å². The normalized spacial score (nSPS) is 10.9. The van der Waals surface area contributed by atoms with E-state index in [1.807, 2.05) is 6.07 Å². The maximum atomic E-state index is 14.3. The Bertz CT molecular complexity index is 1250. The molecule has 1 N–H and O–H groups in total. The number of nitriles is 1. The van der Waals surface area contributed by atoms with Gasteiger partial charge in [0.15, 0.2) is 5.65 Å². The Balaban J connectivity index is 1.66. The smallest absolute Gasteiger partial charge is 0.186 e. The van der Waals surface area contributed by atoms with Gasteiger partial charge in [0, 0.05) is 12.7 Å².